The van der Waals surface area contributed by atoms with Gasteiger partial charge in [0, 0.05) is 8.95 Å². The van der Waals surface area contributed by atoms with Crippen LogP contribution in [0.3, 0.4) is 0 Å². The first-order chi connectivity index (χ1) is 10.7. The van der Waals surface area contributed by atoms with Gasteiger partial charge >= 0.3 is 11.9 Å². The lowest BCUT2D eigenvalue weighted by Gasteiger charge is -2.05. The summed E-state index contributed by atoms with van der Waals surface area (Å²) < 4.78 is 1.46. The van der Waals surface area contributed by atoms with Crippen LogP contribution < -0.4 is 0 Å². The number of carboxylic acids is 2. The van der Waals surface area contributed by atoms with Gasteiger partial charge in [-0.15, -0.1) is 17.0 Å². The zero-order chi connectivity index (χ0) is 17.7. The Morgan fingerprint density at radius 3 is 1.75 bits per heavy atom. The molecule has 0 saturated carbocycles. The third-order valence-electron chi connectivity index (χ3n) is 2.50. The van der Waals surface area contributed by atoms with E-state index in [4.69, 9.17) is 15.3 Å². The number of carboxylic acid groups (broad SMARTS) is 2. The molecule has 10 heteroatoms. The Morgan fingerprint density at radius 2 is 1.33 bits per heavy atom. The number of phenols is 2. The van der Waals surface area contributed by atoms with Crippen molar-refractivity contribution in [2.45, 2.75) is 0 Å². The molecule has 4 N–H and O–H groups in total. The highest BCUT2D eigenvalue weighted by atomic mass is 79.9. The second-order valence-corrected chi connectivity index (χ2v) is 6.45. The smallest absolute Gasteiger partial charge is 0.339 e. The van der Waals surface area contributed by atoms with Crippen molar-refractivity contribution in [2.24, 2.45) is 0 Å². The highest BCUT2D eigenvalue weighted by Crippen LogP contribution is 2.39. The summed E-state index contributed by atoms with van der Waals surface area (Å²) in [5, 5.41) is 35.4. The largest absolute Gasteiger partial charge is 0.507 e. The predicted octanol–water partition coefficient (Wildman–Crippen LogP) is 5.05. The van der Waals surface area contributed by atoms with Crippen molar-refractivity contribution < 1.29 is 30.0 Å². The van der Waals surface area contributed by atoms with Gasteiger partial charge in [0.15, 0.2) is 0 Å². The molecule has 2 aromatic carbocycles. The molecule has 130 valence electrons. The first-order valence-corrected chi connectivity index (χ1v) is 8.15. The van der Waals surface area contributed by atoms with Gasteiger partial charge in [-0.25, -0.2) is 9.59 Å². The van der Waals surface area contributed by atoms with Crippen molar-refractivity contribution in [2.75, 3.05) is 0 Å². The molecule has 0 saturated heterocycles. The molecule has 2 rings (SSSR count). The van der Waals surface area contributed by atoms with E-state index in [-0.39, 0.29) is 39.6 Å². The molecule has 0 aliphatic heterocycles. The highest BCUT2D eigenvalue weighted by molar-refractivity contribution is 9.14. The van der Waals surface area contributed by atoms with Crippen LogP contribution >= 0.6 is 64.8 Å². The van der Waals surface area contributed by atoms with E-state index in [1.54, 1.807) is 12.1 Å². The van der Waals surface area contributed by atoms with Crippen LogP contribution in [0.15, 0.2) is 43.7 Å². The number of rotatable bonds is 2. The topological polar surface area (TPSA) is 115 Å². The molecular formula is C14H10Br4O6. The van der Waals surface area contributed by atoms with Crippen molar-refractivity contribution in [1.82, 2.24) is 0 Å². The standard InChI is InChI=1S/C7H3Br3O3.C7H6O3.BrH/c8-3-1-2(7(12)13)6(11)5(10)4(3)9;8-6-4-2-1-3-5(6)7(9)10;/h1,11H,(H,12,13);1-4,8H,(H,9,10);1H. The zero-order valence-electron chi connectivity index (χ0n) is 11.5. The molecule has 0 heterocycles. The first-order valence-electron chi connectivity index (χ1n) is 5.77. The maximum Gasteiger partial charge on any atom is 0.339 e. The highest BCUT2D eigenvalue weighted by Gasteiger charge is 2.17. The van der Waals surface area contributed by atoms with Gasteiger partial charge in [0.25, 0.3) is 0 Å². The average Bonchev–Trinajstić information content (AvgIpc) is 2.49. The summed E-state index contributed by atoms with van der Waals surface area (Å²) in [6.07, 6.45) is 0. The quantitative estimate of drug-likeness (QED) is 0.363. The number of hydrogen-bond donors (Lipinski definition) is 4. The van der Waals surface area contributed by atoms with E-state index >= 15 is 0 Å². The van der Waals surface area contributed by atoms with E-state index in [2.05, 4.69) is 47.8 Å². The maximum atomic E-state index is 10.6. The Hall–Kier alpha value is -1.10. The minimum absolute atomic E-state index is 0. The molecule has 0 radical (unpaired) electrons. The Labute approximate surface area is 172 Å². The van der Waals surface area contributed by atoms with E-state index in [1.165, 1.54) is 18.2 Å². The van der Waals surface area contributed by atoms with E-state index in [1.807, 2.05) is 0 Å². The molecule has 0 aliphatic rings. The van der Waals surface area contributed by atoms with E-state index in [9.17, 15) is 14.7 Å². The van der Waals surface area contributed by atoms with E-state index < -0.39 is 11.9 Å². The molecule has 0 unspecified atom stereocenters. The number of hydrogen-bond acceptors (Lipinski definition) is 4. The second-order valence-electron chi connectivity index (χ2n) is 4.01. The Balaban J connectivity index is 0.000000436. The molecule has 0 bridgehead atoms. The predicted molar refractivity (Wildman–Crippen MR) is 104 cm³/mol. The summed E-state index contributed by atoms with van der Waals surface area (Å²) >= 11 is 9.37. The SMILES string of the molecule is Br.O=C(O)c1cc(Br)c(Br)c(Br)c1O.O=C(O)c1ccccc1O. The molecule has 24 heavy (non-hydrogen) atoms. The average molecular weight is 594 g/mol. The lowest BCUT2D eigenvalue weighted by molar-refractivity contribution is 0.0682. The number of halogens is 4. The van der Waals surface area contributed by atoms with Crippen molar-refractivity contribution in [3.8, 4) is 11.5 Å². The summed E-state index contributed by atoms with van der Waals surface area (Å²) in [6, 6.07) is 7.14. The van der Waals surface area contributed by atoms with Gasteiger partial charge in [-0.2, -0.15) is 0 Å². The van der Waals surface area contributed by atoms with Gasteiger partial charge in [0.2, 0.25) is 0 Å². The van der Waals surface area contributed by atoms with Crippen LogP contribution in [-0.4, -0.2) is 32.4 Å². The van der Waals surface area contributed by atoms with Gasteiger partial charge in [-0.1, -0.05) is 12.1 Å². The fraction of sp³-hybridized carbons (Fsp3) is 0. The summed E-state index contributed by atoms with van der Waals surface area (Å²) in [6.45, 7) is 0. The van der Waals surface area contributed by atoms with Crippen molar-refractivity contribution in [1.29, 1.82) is 0 Å². The normalized spacial score (nSPS) is 9.29. The summed E-state index contributed by atoms with van der Waals surface area (Å²) in [7, 11) is 0. The molecule has 0 fully saturated rings. The third kappa shape index (κ3) is 5.76. The first kappa shape index (κ1) is 22.9. The van der Waals surface area contributed by atoms with Crippen LogP contribution in [0.25, 0.3) is 0 Å². The van der Waals surface area contributed by atoms with Gasteiger partial charge in [0.1, 0.15) is 22.6 Å². The molecule has 0 aliphatic carbocycles. The molecule has 0 aromatic heterocycles. The lowest BCUT2D eigenvalue weighted by atomic mass is 10.2. The molecule has 0 spiro atoms. The monoisotopic (exact) mass is 590 g/mol. The van der Waals surface area contributed by atoms with Crippen LogP contribution in [0, 0.1) is 0 Å². The van der Waals surface area contributed by atoms with Crippen molar-refractivity contribution in [3.63, 3.8) is 0 Å². The van der Waals surface area contributed by atoms with Gasteiger partial charge < -0.3 is 20.4 Å². The van der Waals surface area contributed by atoms with Crippen LogP contribution in [-0.2, 0) is 0 Å². The third-order valence-corrected chi connectivity index (χ3v) is 5.79. The molecule has 6 nitrogen and oxygen atoms in total. The number of aromatic hydroxyl groups is 2. The van der Waals surface area contributed by atoms with Crippen LogP contribution in [0.5, 0.6) is 11.5 Å². The fourth-order valence-corrected chi connectivity index (χ4v) is 2.83. The van der Waals surface area contributed by atoms with Crippen molar-refractivity contribution >= 4 is 76.7 Å². The Bertz CT molecular complexity index is 763. The number of carbonyl (C=O) groups is 2. The van der Waals surface area contributed by atoms with Gasteiger partial charge in [0.05, 0.1) is 4.47 Å². The number of para-hydroxylation sites is 1. The molecule has 2 aromatic rings. The summed E-state index contributed by atoms with van der Waals surface area (Å²) in [5.74, 6) is -2.78. The van der Waals surface area contributed by atoms with Crippen LogP contribution in [0.4, 0.5) is 0 Å². The number of benzene rings is 2. The van der Waals surface area contributed by atoms with E-state index in [0.717, 1.165) is 0 Å². The fourth-order valence-electron chi connectivity index (χ4n) is 1.40. The summed E-state index contributed by atoms with van der Waals surface area (Å²) in [4.78, 5) is 20.9. The van der Waals surface area contributed by atoms with Gasteiger partial charge in [-0.05, 0) is 66.0 Å². The molecule has 0 amide bonds. The minimum Gasteiger partial charge on any atom is -0.507 e. The maximum absolute atomic E-state index is 10.6. The van der Waals surface area contributed by atoms with E-state index in [0.29, 0.717) is 13.4 Å². The minimum atomic E-state index is -1.17. The van der Waals surface area contributed by atoms with Crippen molar-refractivity contribution in [3.05, 3.63) is 54.9 Å². The van der Waals surface area contributed by atoms with Crippen LogP contribution in [0.2, 0.25) is 0 Å². The van der Waals surface area contributed by atoms with Crippen LogP contribution in [0.1, 0.15) is 20.7 Å². The molecular weight excluding hydrogens is 584 g/mol. The molecule has 0 atom stereocenters. The summed E-state index contributed by atoms with van der Waals surface area (Å²) in [5.41, 5.74) is -0.218. The number of aromatic carboxylic acids is 2. The zero-order valence-corrected chi connectivity index (χ0v) is 18.0. The Morgan fingerprint density at radius 1 is 0.833 bits per heavy atom. The Kier molecular flexibility index (Phi) is 9.56. The van der Waals surface area contributed by atoms with Gasteiger partial charge in [-0.3, -0.25) is 0 Å². The lowest BCUT2D eigenvalue weighted by Crippen LogP contribution is -1.97. The second kappa shape index (κ2) is 10.0.